The fraction of sp³-hybridized carbons (Fsp3) is 0.500. The standard InChI is InChI=1S/C24H29ClN4O3/c1-18-5-6-20(19(2)17-18)27-11-9-26(10-12-27)7-3-4-8-29-23(30)21(25)22(24(29)31)28-13-15-32-16-14-28/h5-6,17H,7-16H2,1-2H3. The maximum atomic E-state index is 12.7. The van der Waals surface area contributed by atoms with Gasteiger partial charge in [-0.2, -0.15) is 0 Å². The van der Waals surface area contributed by atoms with E-state index in [9.17, 15) is 9.59 Å². The molecule has 0 N–H and O–H groups in total. The molecule has 0 aromatic heterocycles. The van der Waals surface area contributed by atoms with Crippen molar-refractivity contribution in [2.24, 2.45) is 0 Å². The Morgan fingerprint density at radius 1 is 0.906 bits per heavy atom. The first kappa shape index (κ1) is 22.7. The van der Waals surface area contributed by atoms with Gasteiger partial charge in [-0.1, -0.05) is 41.1 Å². The molecule has 8 heteroatoms. The third kappa shape index (κ3) is 4.78. The molecule has 7 nitrogen and oxygen atoms in total. The van der Waals surface area contributed by atoms with Crippen LogP contribution in [0.15, 0.2) is 28.9 Å². The molecule has 3 heterocycles. The van der Waals surface area contributed by atoms with E-state index < -0.39 is 5.91 Å². The van der Waals surface area contributed by atoms with E-state index >= 15 is 0 Å². The van der Waals surface area contributed by atoms with Crippen molar-refractivity contribution in [3.05, 3.63) is 40.1 Å². The lowest BCUT2D eigenvalue weighted by Gasteiger charge is -2.36. The number of carbonyl (C=O) groups excluding carboxylic acids is 2. The molecule has 0 bridgehead atoms. The molecule has 1 aromatic carbocycles. The second-order valence-corrected chi connectivity index (χ2v) is 8.74. The fourth-order valence-electron chi connectivity index (χ4n) is 4.35. The lowest BCUT2D eigenvalue weighted by molar-refractivity contribution is -0.137. The lowest BCUT2D eigenvalue weighted by atomic mass is 10.1. The van der Waals surface area contributed by atoms with Gasteiger partial charge in [-0.05, 0) is 25.5 Å². The van der Waals surface area contributed by atoms with E-state index in [1.54, 1.807) is 0 Å². The monoisotopic (exact) mass is 456 g/mol. The topological polar surface area (TPSA) is 56.3 Å². The largest absolute Gasteiger partial charge is 0.378 e. The number of morpholine rings is 1. The highest BCUT2D eigenvalue weighted by Gasteiger charge is 2.40. The summed E-state index contributed by atoms with van der Waals surface area (Å²) in [5.74, 6) is 5.28. The highest BCUT2D eigenvalue weighted by molar-refractivity contribution is 6.47. The van der Waals surface area contributed by atoms with Crippen LogP contribution in [0.5, 0.6) is 0 Å². The number of carbonyl (C=O) groups is 2. The van der Waals surface area contributed by atoms with Gasteiger partial charge in [0.05, 0.1) is 26.3 Å². The average molecular weight is 457 g/mol. The quantitative estimate of drug-likeness (QED) is 0.506. The number of aryl methyl sites for hydroxylation is 2. The van der Waals surface area contributed by atoms with Crippen molar-refractivity contribution in [3.63, 3.8) is 0 Å². The lowest BCUT2D eigenvalue weighted by Crippen LogP contribution is -2.46. The molecular formula is C24H29ClN4O3. The van der Waals surface area contributed by atoms with E-state index in [2.05, 4.69) is 53.7 Å². The molecule has 0 saturated carbocycles. The maximum absolute atomic E-state index is 12.7. The number of halogens is 1. The average Bonchev–Trinajstić information content (AvgIpc) is 3.00. The first-order valence-electron chi connectivity index (χ1n) is 11.0. The normalized spacial score (nSPS) is 20.2. The molecule has 32 heavy (non-hydrogen) atoms. The van der Waals surface area contributed by atoms with Crippen molar-refractivity contribution in [3.8, 4) is 11.8 Å². The van der Waals surface area contributed by atoms with Gasteiger partial charge in [0.1, 0.15) is 10.7 Å². The van der Waals surface area contributed by atoms with Crippen molar-refractivity contribution in [1.82, 2.24) is 14.7 Å². The number of nitrogens with zero attached hydrogens (tertiary/aromatic N) is 4. The minimum atomic E-state index is -0.463. The van der Waals surface area contributed by atoms with Crippen LogP contribution in [0.25, 0.3) is 0 Å². The van der Waals surface area contributed by atoms with Crippen LogP contribution in [0.4, 0.5) is 5.69 Å². The summed E-state index contributed by atoms with van der Waals surface area (Å²) in [5.41, 5.74) is 4.17. The molecule has 2 saturated heterocycles. The molecule has 0 spiro atoms. The Balaban J connectivity index is 1.27. The van der Waals surface area contributed by atoms with Gasteiger partial charge in [0.15, 0.2) is 0 Å². The Kier molecular flexibility index (Phi) is 7.04. The van der Waals surface area contributed by atoms with Crippen LogP contribution < -0.4 is 4.90 Å². The zero-order chi connectivity index (χ0) is 22.7. The van der Waals surface area contributed by atoms with Crippen LogP contribution >= 0.6 is 11.6 Å². The van der Waals surface area contributed by atoms with Crippen LogP contribution in [0.2, 0.25) is 0 Å². The Morgan fingerprint density at radius 3 is 2.28 bits per heavy atom. The van der Waals surface area contributed by atoms with Gasteiger partial charge in [-0.25, -0.2) is 0 Å². The minimum Gasteiger partial charge on any atom is -0.378 e. The zero-order valence-corrected chi connectivity index (χ0v) is 19.5. The van der Waals surface area contributed by atoms with Crippen molar-refractivity contribution < 1.29 is 14.3 Å². The van der Waals surface area contributed by atoms with Crippen molar-refractivity contribution in [2.75, 3.05) is 70.5 Å². The smallest absolute Gasteiger partial charge is 0.279 e. The third-order valence-corrected chi connectivity index (χ3v) is 6.49. The summed E-state index contributed by atoms with van der Waals surface area (Å²) in [6, 6.07) is 6.58. The summed E-state index contributed by atoms with van der Waals surface area (Å²) in [4.78, 5) is 32.9. The number of imide groups is 1. The third-order valence-electron chi connectivity index (χ3n) is 6.15. The van der Waals surface area contributed by atoms with Crippen LogP contribution in [-0.2, 0) is 14.3 Å². The number of anilines is 1. The first-order valence-corrected chi connectivity index (χ1v) is 11.4. The summed E-state index contributed by atoms with van der Waals surface area (Å²) in [6.45, 7) is 10.9. The number of rotatable bonds is 4. The van der Waals surface area contributed by atoms with Gasteiger partial charge >= 0.3 is 0 Å². The van der Waals surface area contributed by atoms with Gasteiger partial charge in [0.25, 0.3) is 11.8 Å². The fourth-order valence-corrected chi connectivity index (χ4v) is 4.65. The number of benzene rings is 1. The first-order chi connectivity index (χ1) is 15.5. The van der Waals surface area contributed by atoms with Crippen molar-refractivity contribution in [1.29, 1.82) is 0 Å². The van der Waals surface area contributed by atoms with Crippen LogP contribution in [0.1, 0.15) is 11.1 Å². The van der Waals surface area contributed by atoms with Gasteiger partial charge in [0, 0.05) is 45.0 Å². The molecule has 2 amide bonds. The van der Waals surface area contributed by atoms with Crippen molar-refractivity contribution >= 4 is 29.1 Å². The molecule has 3 aliphatic heterocycles. The van der Waals surface area contributed by atoms with Crippen molar-refractivity contribution in [2.45, 2.75) is 13.8 Å². The zero-order valence-electron chi connectivity index (χ0n) is 18.7. The summed E-state index contributed by atoms with van der Waals surface area (Å²) < 4.78 is 5.32. The van der Waals surface area contributed by atoms with E-state index in [1.165, 1.54) is 16.8 Å². The predicted molar refractivity (Wildman–Crippen MR) is 124 cm³/mol. The molecule has 4 rings (SSSR count). The highest BCUT2D eigenvalue weighted by atomic mass is 35.5. The number of piperazine rings is 1. The van der Waals surface area contributed by atoms with Crippen LogP contribution in [0.3, 0.4) is 0 Å². The van der Waals surface area contributed by atoms with Crippen LogP contribution in [0, 0.1) is 25.7 Å². The number of amides is 2. The molecule has 3 aliphatic rings. The Labute approximate surface area is 194 Å². The summed E-state index contributed by atoms with van der Waals surface area (Å²) in [7, 11) is 0. The molecule has 170 valence electrons. The van der Waals surface area contributed by atoms with E-state index in [-0.39, 0.29) is 23.2 Å². The predicted octanol–water partition coefficient (Wildman–Crippen LogP) is 1.58. The highest BCUT2D eigenvalue weighted by Crippen LogP contribution is 2.27. The molecule has 0 radical (unpaired) electrons. The Hall–Kier alpha value is -2.53. The molecule has 0 aliphatic carbocycles. The molecule has 2 fully saturated rings. The van der Waals surface area contributed by atoms with E-state index in [1.807, 2.05) is 4.90 Å². The molecular weight excluding hydrogens is 428 g/mol. The second-order valence-electron chi connectivity index (χ2n) is 8.37. The molecule has 0 atom stereocenters. The SMILES string of the molecule is Cc1ccc(N2CCN(CC#CCN3C(=O)C(Cl)=C(N4CCOCC4)C3=O)CC2)c(C)c1. The number of ether oxygens (including phenoxy) is 1. The number of hydrogen-bond donors (Lipinski definition) is 0. The Morgan fingerprint density at radius 2 is 1.59 bits per heavy atom. The van der Waals surface area contributed by atoms with Gasteiger partial charge in [-0.15, -0.1) is 0 Å². The van der Waals surface area contributed by atoms with E-state index in [0.29, 0.717) is 32.8 Å². The summed E-state index contributed by atoms with van der Waals surface area (Å²) >= 11 is 6.19. The maximum Gasteiger partial charge on any atom is 0.279 e. The molecule has 1 aromatic rings. The van der Waals surface area contributed by atoms with Crippen LogP contribution in [-0.4, -0.2) is 92.1 Å². The molecule has 0 unspecified atom stereocenters. The Bertz CT molecular complexity index is 983. The van der Waals surface area contributed by atoms with Gasteiger partial charge < -0.3 is 14.5 Å². The minimum absolute atomic E-state index is 0.0128. The summed E-state index contributed by atoms with van der Waals surface area (Å²) in [5, 5.41) is -0.0128. The van der Waals surface area contributed by atoms with E-state index in [0.717, 1.165) is 31.1 Å². The van der Waals surface area contributed by atoms with Gasteiger partial charge in [-0.3, -0.25) is 19.4 Å². The summed E-state index contributed by atoms with van der Waals surface area (Å²) in [6.07, 6.45) is 0. The van der Waals surface area contributed by atoms with Gasteiger partial charge in [0.2, 0.25) is 0 Å². The second kappa shape index (κ2) is 9.95. The van der Waals surface area contributed by atoms with E-state index in [4.69, 9.17) is 16.3 Å². The number of hydrogen-bond acceptors (Lipinski definition) is 6.